The van der Waals surface area contributed by atoms with Crippen molar-refractivity contribution >= 4 is 16.1 Å². The number of amides is 2. The third-order valence-electron chi connectivity index (χ3n) is 4.63. The van der Waals surface area contributed by atoms with E-state index in [1.54, 1.807) is 35.4 Å². The van der Waals surface area contributed by atoms with Crippen LogP contribution < -0.4 is 9.50 Å². The van der Waals surface area contributed by atoms with Crippen molar-refractivity contribution in [3.63, 3.8) is 0 Å². The molecule has 7 nitrogen and oxygen atoms in total. The molecule has 3 rings (SSSR count). The molecule has 0 spiro atoms. The highest BCUT2D eigenvalue weighted by Gasteiger charge is 2.18. The van der Waals surface area contributed by atoms with Crippen LogP contribution in [0.3, 0.4) is 0 Å². The van der Waals surface area contributed by atoms with Gasteiger partial charge in [0.05, 0.1) is 12.8 Å². The first kappa shape index (κ1) is 23.3. The number of nitrogens with zero attached hydrogens (tertiary/aromatic N) is 1. The highest BCUT2D eigenvalue weighted by atomic mass is 32.2. The van der Waals surface area contributed by atoms with Crippen LogP contribution in [0.15, 0.2) is 76.2 Å². The van der Waals surface area contributed by atoms with Gasteiger partial charge in [0.2, 0.25) is 0 Å². The quantitative estimate of drug-likeness (QED) is 0.350. The fraction of sp³-hybridized carbons (Fsp3) is 0.261. The first-order valence-electron chi connectivity index (χ1n) is 10.2. The number of nitrogens with one attached hydrogen (secondary N) is 1. The van der Waals surface area contributed by atoms with E-state index in [0.717, 1.165) is 42.7 Å². The van der Waals surface area contributed by atoms with Crippen LogP contribution in [0.4, 0.5) is 9.18 Å². The minimum atomic E-state index is -4.08. The van der Waals surface area contributed by atoms with Crippen molar-refractivity contribution in [2.24, 2.45) is 0 Å². The number of carbonyl (C=O) groups is 1. The fourth-order valence-electron chi connectivity index (χ4n) is 2.92. The number of halogens is 1. The van der Waals surface area contributed by atoms with Gasteiger partial charge in [-0.05, 0) is 60.5 Å². The molecule has 0 fully saturated rings. The van der Waals surface area contributed by atoms with Crippen molar-refractivity contribution in [2.75, 3.05) is 6.54 Å². The molecule has 0 bridgehead atoms. The maximum Gasteiger partial charge on any atom is 0.339 e. The first-order chi connectivity index (χ1) is 15.4. The Morgan fingerprint density at radius 2 is 1.78 bits per heavy atom. The van der Waals surface area contributed by atoms with E-state index in [-0.39, 0.29) is 16.7 Å². The minimum Gasteiger partial charge on any atom is -0.467 e. The molecule has 170 valence electrons. The summed E-state index contributed by atoms with van der Waals surface area (Å²) in [5.74, 6) is 0.232. The summed E-state index contributed by atoms with van der Waals surface area (Å²) < 4.78 is 48.2. The van der Waals surface area contributed by atoms with Crippen LogP contribution in [0.25, 0.3) is 0 Å². The lowest BCUT2D eigenvalue weighted by molar-refractivity contribution is 0.187. The summed E-state index contributed by atoms with van der Waals surface area (Å²) in [5, 5.41) is 2.90. The third kappa shape index (κ3) is 6.58. The van der Waals surface area contributed by atoms with Crippen LogP contribution in [-0.2, 0) is 23.2 Å². The zero-order valence-corrected chi connectivity index (χ0v) is 18.5. The van der Waals surface area contributed by atoms with Gasteiger partial charge >= 0.3 is 16.1 Å². The number of unbranched alkanes of at least 4 members (excludes halogenated alkanes) is 1. The summed E-state index contributed by atoms with van der Waals surface area (Å²) in [4.78, 5) is 14.1. The summed E-state index contributed by atoms with van der Waals surface area (Å²) >= 11 is 0. The van der Waals surface area contributed by atoms with Gasteiger partial charge in [-0.25, -0.2) is 9.18 Å². The topological polar surface area (TPSA) is 88.9 Å². The van der Waals surface area contributed by atoms with Gasteiger partial charge < -0.3 is 18.8 Å². The molecule has 2 aromatic carbocycles. The van der Waals surface area contributed by atoms with Crippen LogP contribution >= 0.6 is 0 Å². The molecule has 0 saturated carbocycles. The predicted molar refractivity (Wildman–Crippen MR) is 117 cm³/mol. The van der Waals surface area contributed by atoms with E-state index in [4.69, 9.17) is 8.60 Å². The molecule has 0 radical (unpaired) electrons. The van der Waals surface area contributed by atoms with E-state index >= 15 is 0 Å². The van der Waals surface area contributed by atoms with Gasteiger partial charge in [-0.3, -0.25) is 0 Å². The lowest BCUT2D eigenvalue weighted by Crippen LogP contribution is -2.39. The van der Waals surface area contributed by atoms with Crippen molar-refractivity contribution in [1.82, 2.24) is 10.2 Å². The lowest BCUT2D eigenvalue weighted by atomic mass is 10.2. The summed E-state index contributed by atoms with van der Waals surface area (Å²) in [6, 6.07) is 14.1. The van der Waals surface area contributed by atoms with Gasteiger partial charge in [0.1, 0.15) is 22.2 Å². The Morgan fingerprint density at radius 3 is 2.41 bits per heavy atom. The highest BCUT2D eigenvalue weighted by Crippen LogP contribution is 2.20. The molecule has 1 heterocycles. The largest absolute Gasteiger partial charge is 0.467 e. The average molecular weight is 461 g/mol. The molecule has 32 heavy (non-hydrogen) atoms. The summed E-state index contributed by atoms with van der Waals surface area (Å²) in [6.07, 6.45) is 3.41. The molecule has 0 aliphatic rings. The molecule has 1 N–H and O–H groups in total. The van der Waals surface area contributed by atoms with Gasteiger partial charge in [-0.1, -0.05) is 25.5 Å². The molecule has 9 heteroatoms. The number of furan rings is 1. The summed E-state index contributed by atoms with van der Waals surface area (Å²) in [7, 11) is -4.08. The number of benzene rings is 2. The smallest absolute Gasteiger partial charge is 0.339 e. The second kappa shape index (κ2) is 10.8. The summed E-state index contributed by atoms with van der Waals surface area (Å²) in [6.45, 7) is 3.22. The average Bonchev–Trinajstić information content (AvgIpc) is 3.28. The Morgan fingerprint density at radius 1 is 1.06 bits per heavy atom. The Kier molecular flexibility index (Phi) is 7.88. The lowest BCUT2D eigenvalue weighted by Gasteiger charge is -2.22. The van der Waals surface area contributed by atoms with E-state index in [1.807, 2.05) is 6.92 Å². The monoisotopic (exact) mass is 460 g/mol. The van der Waals surface area contributed by atoms with Crippen molar-refractivity contribution in [3.8, 4) is 5.75 Å². The fourth-order valence-corrected chi connectivity index (χ4v) is 3.85. The number of hydrogen-bond acceptors (Lipinski definition) is 5. The molecule has 0 atom stereocenters. The molecule has 0 saturated heterocycles. The molecular formula is C23H25FN2O5S. The molecule has 0 aliphatic heterocycles. The molecule has 3 aromatic rings. The zero-order valence-electron chi connectivity index (χ0n) is 17.7. The van der Waals surface area contributed by atoms with Gasteiger partial charge in [0.25, 0.3) is 0 Å². The number of hydrogen-bond donors (Lipinski definition) is 1. The van der Waals surface area contributed by atoms with E-state index in [9.17, 15) is 17.6 Å². The van der Waals surface area contributed by atoms with Gasteiger partial charge in [0, 0.05) is 13.1 Å². The Labute approximate surface area is 186 Å². The molecule has 0 aliphatic carbocycles. The van der Waals surface area contributed by atoms with Crippen molar-refractivity contribution < 1.29 is 26.2 Å². The van der Waals surface area contributed by atoms with Gasteiger partial charge in [0.15, 0.2) is 0 Å². The van der Waals surface area contributed by atoms with Crippen LogP contribution in [0.5, 0.6) is 5.75 Å². The Balaban J connectivity index is 1.68. The highest BCUT2D eigenvalue weighted by molar-refractivity contribution is 7.87. The molecular weight excluding hydrogens is 435 g/mol. The standard InChI is InChI=1S/C23H25FN2O5S/c1-2-3-14-25-23(27)26(17-21-5-4-15-30-21)16-18-6-10-20(11-7-18)31-32(28,29)22-12-8-19(24)9-13-22/h4-13,15H,2-3,14,16-17H2,1H3,(H,25,27). The summed E-state index contributed by atoms with van der Waals surface area (Å²) in [5.41, 5.74) is 0.786. The number of carbonyl (C=O) groups excluding carboxylic acids is 1. The SMILES string of the molecule is CCCCNC(=O)N(Cc1ccc(OS(=O)(=O)c2ccc(F)cc2)cc1)Cc1ccco1. The number of rotatable bonds is 10. The normalized spacial score (nSPS) is 11.2. The molecule has 0 unspecified atom stereocenters. The van der Waals surface area contributed by atoms with E-state index in [1.165, 1.54) is 12.1 Å². The second-order valence-electron chi connectivity index (χ2n) is 7.16. The number of urea groups is 1. The predicted octanol–water partition coefficient (Wildman–Crippen LogP) is 4.70. The van der Waals surface area contributed by atoms with Crippen LogP contribution in [-0.4, -0.2) is 25.9 Å². The Hall–Kier alpha value is -3.33. The Bertz CT molecular complexity index is 1100. The second-order valence-corrected chi connectivity index (χ2v) is 8.70. The van der Waals surface area contributed by atoms with Crippen LogP contribution in [0.1, 0.15) is 31.1 Å². The van der Waals surface area contributed by atoms with Crippen LogP contribution in [0.2, 0.25) is 0 Å². The van der Waals surface area contributed by atoms with Crippen LogP contribution in [0, 0.1) is 5.82 Å². The van der Waals surface area contributed by atoms with E-state index in [0.29, 0.717) is 25.4 Å². The maximum atomic E-state index is 13.0. The molecule has 1 aromatic heterocycles. The van der Waals surface area contributed by atoms with E-state index < -0.39 is 15.9 Å². The zero-order chi connectivity index (χ0) is 23.0. The van der Waals surface area contributed by atoms with Gasteiger partial charge in [-0.15, -0.1) is 0 Å². The van der Waals surface area contributed by atoms with Crippen molar-refractivity contribution in [3.05, 3.63) is 84.1 Å². The minimum absolute atomic E-state index is 0.114. The maximum absolute atomic E-state index is 13.0. The van der Waals surface area contributed by atoms with Crippen molar-refractivity contribution in [2.45, 2.75) is 37.8 Å². The van der Waals surface area contributed by atoms with Crippen molar-refractivity contribution in [1.29, 1.82) is 0 Å². The van der Waals surface area contributed by atoms with E-state index in [2.05, 4.69) is 5.32 Å². The first-order valence-corrected chi connectivity index (χ1v) is 11.6. The third-order valence-corrected chi connectivity index (χ3v) is 5.89. The van der Waals surface area contributed by atoms with Gasteiger partial charge in [-0.2, -0.15) is 8.42 Å². The molecule has 2 amide bonds.